The minimum Gasteiger partial charge on any atom is -0.388 e. The molecule has 1 heterocycles. The van der Waals surface area contributed by atoms with Crippen molar-refractivity contribution in [3.63, 3.8) is 0 Å². The van der Waals surface area contributed by atoms with E-state index in [1.807, 2.05) is 44.2 Å². The van der Waals surface area contributed by atoms with Crippen LogP contribution in [0.3, 0.4) is 0 Å². The second-order valence-electron chi connectivity index (χ2n) is 4.64. The summed E-state index contributed by atoms with van der Waals surface area (Å²) in [7, 11) is 0. The number of nitrogens with zero attached hydrogens (tertiary/aromatic N) is 2. The highest BCUT2D eigenvalue weighted by Gasteiger charge is 2.12. The van der Waals surface area contributed by atoms with Crippen molar-refractivity contribution in [3.05, 3.63) is 59.7 Å². The zero-order valence-corrected chi connectivity index (χ0v) is 11.0. The predicted molar refractivity (Wildman–Crippen MR) is 74.3 cm³/mol. The van der Waals surface area contributed by atoms with Gasteiger partial charge in [-0.25, -0.2) is 9.97 Å². The van der Waals surface area contributed by atoms with Crippen LogP contribution in [0.1, 0.15) is 36.9 Å². The average molecular weight is 252 g/mol. The third kappa shape index (κ3) is 3.64. The third-order valence-corrected chi connectivity index (χ3v) is 2.74. The fraction of sp³-hybridized carbons (Fsp3) is 0.250. The summed E-state index contributed by atoms with van der Waals surface area (Å²) in [4.78, 5) is 8.31. The minimum atomic E-state index is -0.531. The van der Waals surface area contributed by atoms with Crippen LogP contribution >= 0.6 is 0 Å². The van der Waals surface area contributed by atoms with Gasteiger partial charge in [0.05, 0.1) is 6.10 Å². The molecule has 1 atom stereocenters. The molecule has 3 nitrogen and oxygen atoms in total. The summed E-state index contributed by atoms with van der Waals surface area (Å²) in [6, 6.07) is 9.69. The first-order valence-electron chi connectivity index (χ1n) is 6.24. The molecule has 0 fully saturated rings. The van der Waals surface area contributed by atoms with E-state index in [-0.39, 0.29) is 5.92 Å². The molecule has 1 aromatic heterocycles. The molecule has 2 rings (SSSR count). The molecule has 1 N–H and O–H groups in total. The molecule has 0 aliphatic rings. The Morgan fingerprint density at radius 3 is 2.21 bits per heavy atom. The average Bonchev–Trinajstić information content (AvgIpc) is 2.46. The molecule has 0 saturated heterocycles. The zero-order chi connectivity index (χ0) is 13.7. The summed E-state index contributed by atoms with van der Waals surface area (Å²) >= 11 is 0. The van der Waals surface area contributed by atoms with E-state index in [0.717, 1.165) is 11.1 Å². The van der Waals surface area contributed by atoms with Gasteiger partial charge < -0.3 is 5.11 Å². The van der Waals surface area contributed by atoms with Gasteiger partial charge in [0.2, 0.25) is 5.82 Å². The SMILES string of the molecule is CC(C)C(O)c1cnc(C#Cc2ccccc2)nc1. The maximum atomic E-state index is 9.88. The van der Waals surface area contributed by atoms with Crippen LogP contribution in [0.15, 0.2) is 42.7 Å². The molecule has 2 aromatic rings. The minimum absolute atomic E-state index is 0.143. The van der Waals surface area contributed by atoms with Gasteiger partial charge in [-0.3, -0.25) is 0 Å². The molecule has 0 spiro atoms. The summed E-state index contributed by atoms with van der Waals surface area (Å²) in [6.45, 7) is 3.90. The van der Waals surface area contributed by atoms with Gasteiger partial charge in [-0.2, -0.15) is 0 Å². The highest BCUT2D eigenvalue weighted by Crippen LogP contribution is 2.19. The highest BCUT2D eigenvalue weighted by molar-refractivity contribution is 5.37. The van der Waals surface area contributed by atoms with Crippen molar-refractivity contribution in [2.24, 2.45) is 5.92 Å². The fourth-order valence-corrected chi connectivity index (χ4v) is 1.59. The van der Waals surface area contributed by atoms with Crippen molar-refractivity contribution in [1.82, 2.24) is 9.97 Å². The van der Waals surface area contributed by atoms with Crippen molar-refractivity contribution in [1.29, 1.82) is 0 Å². The molecule has 1 aromatic carbocycles. The second-order valence-corrected chi connectivity index (χ2v) is 4.64. The van der Waals surface area contributed by atoms with Crippen molar-refractivity contribution < 1.29 is 5.11 Å². The molecule has 0 radical (unpaired) electrons. The van der Waals surface area contributed by atoms with Crippen molar-refractivity contribution in [2.45, 2.75) is 20.0 Å². The number of aliphatic hydroxyl groups excluding tert-OH is 1. The first-order valence-corrected chi connectivity index (χ1v) is 6.24. The van der Waals surface area contributed by atoms with E-state index < -0.39 is 6.10 Å². The maximum Gasteiger partial charge on any atom is 0.205 e. The van der Waals surface area contributed by atoms with E-state index in [9.17, 15) is 5.11 Å². The number of rotatable bonds is 2. The zero-order valence-electron chi connectivity index (χ0n) is 11.0. The van der Waals surface area contributed by atoms with Crippen LogP contribution in [0.25, 0.3) is 0 Å². The summed E-state index contributed by atoms with van der Waals surface area (Å²) in [6.07, 6.45) is 2.73. The van der Waals surface area contributed by atoms with Crippen molar-refractivity contribution in [2.75, 3.05) is 0 Å². The largest absolute Gasteiger partial charge is 0.388 e. The summed E-state index contributed by atoms with van der Waals surface area (Å²) in [5.41, 5.74) is 1.65. The van der Waals surface area contributed by atoms with Crippen LogP contribution in [-0.4, -0.2) is 15.1 Å². The first-order chi connectivity index (χ1) is 9.16. The summed E-state index contributed by atoms with van der Waals surface area (Å²) in [5.74, 6) is 6.50. The Morgan fingerprint density at radius 2 is 1.63 bits per heavy atom. The Kier molecular flexibility index (Phi) is 4.27. The van der Waals surface area contributed by atoms with Crippen molar-refractivity contribution in [3.8, 4) is 11.8 Å². The van der Waals surface area contributed by atoms with Gasteiger partial charge in [0.25, 0.3) is 0 Å². The molecule has 0 aliphatic carbocycles. The predicted octanol–water partition coefficient (Wildman–Crippen LogP) is 2.57. The Morgan fingerprint density at radius 1 is 1.00 bits per heavy atom. The van der Waals surface area contributed by atoms with E-state index in [2.05, 4.69) is 21.8 Å². The Bertz CT molecular complexity index is 580. The topological polar surface area (TPSA) is 46.0 Å². The molecular formula is C16H16N2O. The van der Waals surface area contributed by atoms with Gasteiger partial charge >= 0.3 is 0 Å². The van der Waals surface area contributed by atoms with E-state index in [1.54, 1.807) is 12.4 Å². The van der Waals surface area contributed by atoms with Crippen LogP contribution in [0.4, 0.5) is 0 Å². The van der Waals surface area contributed by atoms with Gasteiger partial charge in [0.15, 0.2) is 0 Å². The maximum absolute atomic E-state index is 9.88. The van der Waals surface area contributed by atoms with E-state index >= 15 is 0 Å². The molecule has 1 unspecified atom stereocenters. The molecule has 96 valence electrons. The number of benzene rings is 1. The molecule has 0 amide bonds. The Balaban J connectivity index is 2.14. The van der Waals surface area contributed by atoms with E-state index in [4.69, 9.17) is 0 Å². The summed E-state index contributed by atoms with van der Waals surface area (Å²) in [5, 5.41) is 9.88. The van der Waals surface area contributed by atoms with Crippen LogP contribution in [-0.2, 0) is 0 Å². The molecule has 3 heteroatoms. The monoisotopic (exact) mass is 252 g/mol. The number of aliphatic hydroxyl groups is 1. The third-order valence-electron chi connectivity index (χ3n) is 2.74. The quantitative estimate of drug-likeness (QED) is 0.835. The normalized spacial score (nSPS) is 11.8. The van der Waals surface area contributed by atoms with Crippen LogP contribution in [0, 0.1) is 17.8 Å². The lowest BCUT2D eigenvalue weighted by Gasteiger charge is -2.13. The van der Waals surface area contributed by atoms with Gasteiger partial charge in [0, 0.05) is 23.5 Å². The lowest BCUT2D eigenvalue weighted by molar-refractivity contribution is 0.126. The molecule has 0 bridgehead atoms. The smallest absolute Gasteiger partial charge is 0.205 e. The van der Waals surface area contributed by atoms with Gasteiger partial charge in [-0.1, -0.05) is 38.0 Å². The van der Waals surface area contributed by atoms with E-state index in [1.165, 1.54) is 0 Å². The van der Waals surface area contributed by atoms with Crippen LogP contribution in [0.5, 0.6) is 0 Å². The number of aromatic nitrogens is 2. The van der Waals surface area contributed by atoms with Gasteiger partial charge in [-0.05, 0) is 24.0 Å². The lowest BCUT2D eigenvalue weighted by Crippen LogP contribution is -2.06. The number of hydrogen-bond donors (Lipinski definition) is 1. The molecule has 0 aliphatic heterocycles. The van der Waals surface area contributed by atoms with Gasteiger partial charge in [0.1, 0.15) is 0 Å². The summed E-state index contributed by atoms with van der Waals surface area (Å²) < 4.78 is 0. The van der Waals surface area contributed by atoms with Gasteiger partial charge in [-0.15, -0.1) is 0 Å². The Labute approximate surface area is 113 Å². The molecule has 19 heavy (non-hydrogen) atoms. The fourth-order valence-electron chi connectivity index (χ4n) is 1.59. The molecule has 0 saturated carbocycles. The first kappa shape index (κ1) is 13.3. The lowest BCUT2D eigenvalue weighted by atomic mass is 10.0. The van der Waals surface area contributed by atoms with Crippen LogP contribution < -0.4 is 0 Å². The Hall–Kier alpha value is -2.18. The standard InChI is InChI=1S/C16H16N2O/c1-12(2)16(19)14-10-17-15(18-11-14)9-8-13-6-4-3-5-7-13/h3-7,10-12,16,19H,1-2H3. The second kappa shape index (κ2) is 6.12. The van der Waals surface area contributed by atoms with Crippen molar-refractivity contribution >= 4 is 0 Å². The number of hydrogen-bond acceptors (Lipinski definition) is 3. The molecular weight excluding hydrogens is 236 g/mol. The van der Waals surface area contributed by atoms with E-state index in [0.29, 0.717) is 5.82 Å². The van der Waals surface area contributed by atoms with Crippen LogP contribution in [0.2, 0.25) is 0 Å². The highest BCUT2D eigenvalue weighted by atomic mass is 16.3.